The Labute approximate surface area is 208 Å². The maximum atomic E-state index is 12.5. The Morgan fingerprint density at radius 1 is 1.19 bits per heavy atom. The molecule has 4 nitrogen and oxygen atoms in total. The van der Waals surface area contributed by atoms with E-state index in [0.717, 1.165) is 13.6 Å². The van der Waals surface area contributed by atoms with Gasteiger partial charge in [-0.2, -0.15) is 5.26 Å². The van der Waals surface area contributed by atoms with Gasteiger partial charge in [-0.25, -0.2) is 0 Å². The van der Waals surface area contributed by atoms with Crippen LogP contribution in [0.2, 0.25) is 5.02 Å². The molecule has 0 aliphatic heterocycles. The van der Waals surface area contributed by atoms with Crippen LogP contribution in [0.3, 0.4) is 0 Å². The van der Waals surface area contributed by atoms with Crippen LogP contribution in [-0.4, -0.2) is 5.91 Å². The minimum absolute atomic E-state index is 0.00836. The van der Waals surface area contributed by atoms with Gasteiger partial charge in [-0.1, -0.05) is 41.4 Å². The number of halogens is 3. The van der Waals surface area contributed by atoms with Gasteiger partial charge in [0, 0.05) is 10.7 Å². The molecule has 0 unspecified atom stereocenters. The number of nitriles is 1. The van der Waals surface area contributed by atoms with Crippen LogP contribution in [0.5, 0.6) is 5.75 Å². The summed E-state index contributed by atoms with van der Waals surface area (Å²) in [4.78, 5) is 12.5. The van der Waals surface area contributed by atoms with Crippen molar-refractivity contribution < 1.29 is 9.53 Å². The van der Waals surface area contributed by atoms with Crippen LogP contribution in [0.15, 0.2) is 70.7 Å². The van der Waals surface area contributed by atoms with Crippen LogP contribution in [0.1, 0.15) is 16.7 Å². The number of rotatable bonds is 6. The summed E-state index contributed by atoms with van der Waals surface area (Å²) in [7, 11) is 0. The zero-order valence-electron chi connectivity index (χ0n) is 16.5. The predicted octanol–water partition coefficient (Wildman–Crippen LogP) is 7.14. The fourth-order valence-corrected chi connectivity index (χ4v) is 4.58. The molecule has 0 fully saturated rings. The number of nitrogens with zero attached hydrogens (tertiary/aromatic N) is 1. The number of hydrogen-bond donors (Lipinski definition) is 1. The smallest absolute Gasteiger partial charge is 0.266 e. The van der Waals surface area contributed by atoms with Gasteiger partial charge in [-0.05, 0) is 99.0 Å². The lowest BCUT2D eigenvalue weighted by molar-refractivity contribution is -0.112. The first-order valence-electron chi connectivity index (χ1n) is 9.22. The van der Waals surface area contributed by atoms with Crippen molar-refractivity contribution in [2.24, 2.45) is 0 Å². The highest BCUT2D eigenvalue weighted by atomic mass is 127. The first-order valence-corrected chi connectivity index (χ1v) is 11.5. The van der Waals surface area contributed by atoms with E-state index in [9.17, 15) is 10.1 Å². The van der Waals surface area contributed by atoms with Gasteiger partial charge in [-0.15, -0.1) is 0 Å². The van der Waals surface area contributed by atoms with E-state index in [-0.39, 0.29) is 5.57 Å². The number of amides is 1. The van der Waals surface area contributed by atoms with E-state index in [2.05, 4.69) is 43.8 Å². The zero-order chi connectivity index (χ0) is 22.4. The van der Waals surface area contributed by atoms with Crippen molar-refractivity contribution in [3.63, 3.8) is 0 Å². The molecule has 1 N–H and O–H groups in total. The lowest BCUT2D eigenvalue weighted by atomic mass is 10.1. The van der Waals surface area contributed by atoms with E-state index in [0.29, 0.717) is 28.6 Å². The molecule has 31 heavy (non-hydrogen) atoms. The number of benzene rings is 3. The standard InChI is InChI=1S/C24H17BrClIN2O2/c1-15-2-4-16(5-3-15)14-31-23-21(25)11-17(12-22(23)27)10-18(13-28)24(30)29-20-8-6-19(26)7-9-20/h2-12H,14H2,1H3,(H,29,30)/b18-10-. The third-order valence-electron chi connectivity index (χ3n) is 4.30. The Hall–Kier alpha value is -2.34. The lowest BCUT2D eigenvalue weighted by Gasteiger charge is -2.12. The molecule has 1 amide bonds. The van der Waals surface area contributed by atoms with E-state index >= 15 is 0 Å². The van der Waals surface area contributed by atoms with E-state index in [1.54, 1.807) is 30.3 Å². The molecule has 0 atom stereocenters. The predicted molar refractivity (Wildman–Crippen MR) is 136 cm³/mol. The highest BCUT2D eigenvalue weighted by Crippen LogP contribution is 2.33. The van der Waals surface area contributed by atoms with Crippen LogP contribution >= 0.6 is 50.1 Å². The van der Waals surface area contributed by atoms with Crippen LogP contribution in [0.25, 0.3) is 6.08 Å². The minimum atomic E-state index is -0.490. The molecule has 7 heteroatoms. The lowest BCUT2D eigenvalue weighted by Crippen LogP contribution is -2.13. The van der Waals surface area contributed by atoms with Gasteiger partial charge in [-0.3, -0.25) is 4.79 Å². The van der Waals surface area contributed by atoms with Crippen molar-refractivity contribution in [1.29, 1.82) is 5.26 Å². The van der Waals surface area contributed by atoms with Crippen LogP contribution in [-0.2, 0) is 11.4 Å². The normalized spacial score (nSPS) is 11.0. The average molecular weight is 608 g/mol. The van der Waals surface area contributed by atoms with Gasteiger partial charge in [0.05, 0.1) is 8.04 Å². The van der Waals surface area contributed by atoms with E-state index in [4.69, 9.17) is 16.3 Å². The Bertz CT molecular complexity index is 1150. The largest absolute Gasteiger partial charge is 0.487 e. The number of ether oxygens (including phenoxy) is 1. The molecule has 3 rings (SSSR count). The van der Waals surface area contributed by atoms with Gasteiger partial charge < -0.3 is 10.1 Å². The third-order valence-corrected chi connectivity index (χ3v) is 5.94. The van der Waals surface area contributed by atoms with E-state index in [1.807, 2.05) is 49.4 Å². The molecule has 3 aromatic rings. The summed E-state index contributed by atoms with van der Waals surface area (Å²) in [5.41, 5.74) is 3.53. The molecule has 0 heterocycles. The van der Waals surface area contributed by atoms with Crippen LogP contribution in [0.4, 0.5) is 5.69 Å². The molecule has 0 bridgehead atoms. The molecule has 0 saturated carbocycles. The molecule has 0 spiro atoms. The monoisotopic (exact) mass is 606 g/mol. The molecular weight excluding hydrogens is 591 g/mol. The number of hydrogen-bond acceptors (Lipinski definition) is 3. The summed E-state index contributed by atoms with van der Waals surface area (Å²) in [6.07, 6.45) is 1.54. The second-order valence-corrected chi connectivity index (χ2v) is 9.17. The Morgan fingerprint density at radius 2 is 1.87 bits per heavy atom. The summed E-state index contributed by atoms with van der Waals surface area (Å²) in [6, 6.07) is 20.5. The van der Waals surface area contributed by atoms with E-state index in [1.165, 1.54) is 5.56 Å². The number of carbonyl (C=O) groups excluding carboxylic acids is 1. The van der Waals surface area contributed by atoms with Crippen molar-refractivity contribution >= 4 is 67.8 Å². The summed E-state index contributed by atoms with van der Waals surface area (Å²) in [5, 5.41) is 12.7. The molecule has 0 aliphatic rings. The van der Waals surface area contributed by atoms with Gasteiger partial charge in [0.2, 0.25) is 0 Å². The maximum absolute atomic E-state index is 12.5. The molecule has 0 radical (unpaired) electrons. The molecule has 156 valence electrons. The van der Waals surface area contributed by atoms with Crippen molar-refractivity contribution in [2.75, 3.05) is 5.32 Å². The quantitative estimate of drug-likeness (QED) is 0.184. The van der Waals surface area contributed by atoms with Crippen LogP contribution < -0.4 is 10.1 Å². The van der Waals surface area contributed by atoms with Crippen molar-refractivity contribution in [1.82, 2.24) is 0 Å². The topological polar surface area (TPSA) is 62.1 Å². The number of aryl methyl sites for hydroxylation is 1. The molecular formula is C24H17BrClIN2O2. The van der Waals surface area contributed by atoms with Crippen molar-refractivity contribution in [3.8, 4) is 11.8 Å². The van der Waals surface area contributed by atoms with Gasteiger partial charge in [0.25, 0.3) is 5.91 Å². The second-order valence-electron chi connectivity index (χ2n) is 6.72. The van der Waals surface area contributed by atoms with Gasteiger partial charge >= 0.3 is 0 Å². The summed E-state index contributed by atoms with van der Waals surface area (Å²) in [6.45, 7) is 2.48. The van der Waals surface area contributed by atoms with Crippen LogP contribution in [0, 0.1) is 21.8 Å². The Balaban J connectivity index is 1.76. The van der Waals surface area contributed by atoms with Crippen molar-refractivity contribution in [3.05, 3.63) is 96.0 Å². The fraction of sp³-hybridized carbons (Fsp3) is 0.0833. The molecule has 0 aliphatic carbocycles. The highest BCUT2D eigenvalue weighted by Gasteiger charge is 2.13. The SMILES string of the molecule is Cc1ccc(COc2c(Br)cc(/C=C(/C#N)C(=O)Nc3ccc(Cl)cc3)cc2I)cc1. The minimum Gasteiger partial charge on any atom is -0.487 e. The number of anilines is 1. The average Bonchev–Trinajstić information content (AvgIpc) is 2.74. The summed E-state index contributed by atoms with van der Waals surface area (Å²) >= 11 is 11.6. The zero-order valence-corrected chi connectivity index (χ0v) is 21.0. The summed E-state index contributed by atoms with van der Waals surface area (Å²) in [5.74, 6) is 0.220. The molecule has 0 saturated heterocycles. The molecule has 3 aromatic carbocycles. The first-order chi connectivity index (χ1) is 14.9. The first kappa shape index (κ1) is 23.3. The maximum Gasteiger partial charge on any atom is 0.266 e. The van der Waals surface area contributed by atoms with Crippen molar-refractivity contribution in [2.45, 2.75) is 13.5 Å². The molecule has 0 aromatic heterocycles. The van der Waals surface area contributed by atoms with Gasteiger partial charge in [0.1, 0.15) is 24.0 Å². The van der Waals surface area contributed by atoms with Gasteiger partial charge in [0.15, 0.2) is 0 Å². The Morgan fingerprint density at radius 3 is 2.48 bits per heavy atom. The second kappa shape index (κ2) is 10.8. The fourth-order valence-electron chi connectivity index (χ4n) is 2.69. The van der Waals surface area contributed by atoms with E-state index < -0.39 is 5.91 Å². The highest BCUT2D eigenvalue weighted by molar-refractivity contribution is 14.1. The Kier molecular flexibility index (Phi) is 8.13. The number of nitrogens with one attached hydrogen (secondary N) is 1. The summed E-state index contributed by atoms with van der Waals surface area (Å²) < 4.78 is 7.59. The third kappa shape index (κ3) is 6.57. The number of carbonyl (C=O) groups is 1.